The summed E-state index contributed by atoms with van der Waals surface area (Å²) in [6.07, 6.45) is -2.29. The molecule has 0 aromatic rings. The lowest BCUT2D eigenvalue weighted by atomic mass is 10.1. The molecule has 0 heterocycles. The van der Waals surface area contributed by atoms with Crippen molar-refractivity contribution < 1.29 is 27.8 Å². The van der Waals surface area contributed by atoms with Gasteiger partial charge in [0.25, 0.3) is 0 Å². The monoisotopic (exact) mass is 350 g/mol. The van der Waals surface area contributed by atoms with Crippen molar-refractivity contribution in [2.75, 3.05) is 0 Å². The third-order valence-corrected chi connectivity index (χ3v) is 3.45. The van der Waals surface area contributed by atoms with Crippen LogP contribution >= 0.6 is 0 Å². The Morgan fingerprint density at radius 3 is 1.43 bits per heavy atom. The molecule has 0 saturated carbocycles. The van der Waals surface area contributed by atoms with E-state index in [9.17, 15) is 18.4 Å². The van der Waals surface area contributed by atoms with E-state index in [0.717, 1.165) is 0 Å². The highest BCUT2D eigenvalue weighted by atomic mass is 32.2. The topological polar surface area (TPSA) is 117 Å². The van der Waals surface area contributed by atoms with Crippen molar-refractivity contribution >= 4 is 29.1 Å². The number of hydrogen-bond acceptors (Lipinski definition) is 6. The number of imide groups is 1. The van der Waals surface area contributed by atoms with Crippen molar-refractivity contribution in [3.05, 3.63) is 0 Å². The number of rotatable bonds is 2. The van der Waals surface area contributed by atoms with Crippen molar-refractivity contribution in [3.63, 3.8) is 0 Å². The quantitative estimate of drug-likeness (QED) is 0.449. The Bertz CT molecular complexity index is 488. The fourth-order valence-corrected chi connectivity index (χ4v) is 1.48. The molecule has 0 bridgehead atoms. The van der Waals surface area contributed by atoms with Gasteiger partial charge in [-0.3, -0.25) is 5.41 Å². The first kappa shape index (κ1) is 21.5. The van der Waals surface area contributed by atoms with Crippen LogP contribution in [0.1, 0.15) is 55.4 Å². The molecular formula is C14H26N2O6S. The van der Waals surface area contributed by atoms with Crippen LogP contribution in [0.3, 0.4) is 0 Å². The highest BCUT2D eigenvalue weighted by molar-refractivity contribution is 7.81. The van der Waals surface area contributed by atoms with Gasteiger partial charge in [0.2, 0.25) is 0 Å². The summed E-state index contributed by atoms with van der Waals surface area (Å²) in [4.78, 5) is 24.9. The molecule has 0 aliphatic carbocycles. The molecule has 23 heavy (non-hydrogen) atoms. The molecule has 134 valence electrons. The molecule has 0 radical (unpaired) electrons. The summed E-state index contributed by atoms with van der Waals surface area (Å²) in [5.74, 6) is -0.693. The van der Waals surface area contributed by atoms with Crippen molar-refractivity contribution in [1.82, 2.24) is 4.90 Å². The summed E-state index contributed by atoms with van der Waals surface area (Å²) in [7, 11) is 0. The van der Waals surface area contributed by atoms with Crippen LogP contribution in [0, 0.1) is 5.41 Å². The van der Waals surface area contributed by atoms with E-state index in [1.807, 2.05) is 0 Å². The first-order valence-corrected chi connectivity index (χ1v) is 8.06. The van der Waals surface area contributed by atoms with Gasteiger partial charge in [0.05, 0.1) is 0 Å². The van der Waals surface area contributed by atoms with E-state index < -0.39 is 45.1 Å². The molecule has 0 rings (SSSR count). The molecule has 1 unspecified atom stereocenters. The number of nitrogens with zero attached hydrogens (tertiary/aromatic N) is 1. The summed E-state index contributed by atoms with van der Waals surface area (Å²) in [6, 6.07) is 0. The molecule has 0 spiro atoms. The van der Waals surface area contributed by atoms with Crippen LogP contribution < -0.4 is 0 Å². The average molecular weight is 350 g/mol. The van der Waals surface area contributed by atoms with E-state index in [1.165, 1.54) is 13.8 Å². The number of ether oxygens (including phenoxy) is 2. The smallest absolute Gasteiger partial charge is 0.425 e. The second-order valence-corrected chi connectivity index (χ2v) is 8.92. The van der Waals surface area contributed by atoms with E-state index in [-0.39, 0.29) is 0 Å². The fourth-order valence-electron chi connectivity index (χ4n) is 1.22. The third-order valence-electron chi connectivity index (χ3n) is 2.38. The second-order valence-electron chi connectivity index (χ2n) is 7.40. The lowest BCUT2D eigenvalue weighted by Gasteiger charge is -2.32. The van der Waals surface area contributed by atoms with Crippen molar-refractivity contribution in [1.29, 1.82) is 5.41 Å². The number of carbonyl (C=O) groups excluding carboxylic acids is 2. The standard InChI is InChI=1S/C14H26N2O6S/c1-12(2,3)21-10(17)16(11(18)22-13(4,5)6)9(15)14(7,8)23(19)20/h15H,1-8H3,(H,19,20). The van der Waals surface area contributed by atoms with Gasteiger partial charge in [0.1, 0.15) is 21.8 Å². The molecule has 2 N–H and O–H groups in total. The third kappa shape index (κ3) is 6.66. The lowest BCUT2D eigenvalue weighted by Crippen LogP contribution is -2.54. The van der Waals surface area contributed by atoms with Gasteiger partial charge in [0.15, 0.2) is 11.1 Å². The Hall–Kier alpha value is -1.48. The first-order chi connectivity index (χ1) is 9.99. The maximum Gasteiger partial charge on any atom is 0.425 e. The molecule has 0 aromatic carbocycles. The number of hydrogen-bond donors (Lipinski definition) is 2. The van der Waals surface area contributed by atoms with Gasteiger partial charge >= 0.3 is 12.2 Å². The molecule has 0 saturated heterocycles. The van der Waals surface area contributed by atoms with Gasteiger partial charge in [-0.05, 0) is 55.4 Å². The number of carbonyl (C=O) groups is 2. The molecular weight excluding hydrogens is 324 g/mol. The Labute approximate surface area is 139 Å². The number of amides is 2. The molecule has 0 aromatic heterocycles. The summed E-state index contributed by atoms with van der Waals surface area (Å²) in [5.41, 5.74) is -1.83. The molecule has 0 fully saturated rings. The van der Waals surface area contributed by atoms with Crippen LogP contribution in [0.4, 0.5) is 9.59 Å². The van der Waals surface area contributed by atoms with E-state index in [2.05, 4.69) is 0 Å². The van der Waals surface area contributed by atoms with E-state index in [0.29, 0.717) is 4.90 Å². The Balaban J connectivity index is 5.73. The van der Waals surface area contributed by atoms with Crippen LogP contribution in [0.25, 0.3) is 0 Å². The zero-order chi connectivity index (χ0) is 18.8. The Kier molecular flexibility index (Phi) is 6.51. The minimum atomic E-state index is -2.49. The number of nitrogens with one attached hydrogen (secondary N) is 1. The maximum atomic E-state index is 12.3. The van der Waals surface area contributed by atoms with E-state index in [4.69, 9.17) is 14.9 Å². The van der Waals surface area contributed by atoms with Crippen LogP contribution in [-0.2, 0) is 20.6 Å². The minimum absolute atomic E-state index is 0.338. The predicted molar refractivity (Wildman–Crippen MR) is 86.9 cm³/mol. The summed E-state index contributed by atoms with van der Waals surface area (Å²) in [6.45, 7) is 12.1. The van der Waals surface area contributed by atoms with Crippen molar-refractivity contribution in [2.24, 2.45) is 0 Å². The first-order valence-electron chi connectivity index (χ1n) is 6.95. The predicted octanol–water partition coefficient (Wildman–Crippen LogP) is 3.14. The SMILES string of the molecule is CC(C)(C)OC(=O)N(C(=N)C(C)(C)S(=O)O)C(=O)OC(C)(C)C. The maximum absolute atomic E-state index is 12.3. The summed E-state index contributed by atoms with van der Waals surface area (Å²) < 4.78 is 29.3. The van der Waals surface area contributed by atoms with E-state index >= 15 is 0 Å². The normalized spacial score (nSPS) is 14.0. The Morgan fingerprint density at radius 1 is 0.913 bits per heavy atom. The molecule has 0 aliphatic rings. The molecule has 9 heteroatoms. The highest BCUT2D eigenvalue weighted by Gasteiger charge is 2.43. The van der Waals surface area contributed by atoms with Gasteiger partial charge < -0.3 is 14.0 Å². The van der Waals surface area contributed by atoms with Crippen LogP contribution in [0.15, 0.2) is 0 Å². The summed E-state index contributed by atoms with van der Waals surface area (Å²) >= 11 is -2.49. The minimum Gasteiger partial charge on any atom is -0.443 e. The van der Waals surface area contributed by atoms with Crippen LogP contribution in [0.5, 0.6) is 0 Å². The molecule has 0 aliphatic heterocycles. The fraction of sp³-hybridized carbons (Fsp3) is 0.786. The van der Waals surface area contributed by atoms with Gasteiger partial charge in [-0.1, -0.05) is 0 Å². The van der Waals surface area contributed by atoms with Crippen molar-refractivity contribution in [3.8, 4) is 0 Å². The van der Waals surface area contributed by atoms with Gasteiger partial charge in [-0.2, -0.15) is 4.90 Å². The lowest BCUT2D eigenvalue weighted by molar-refractivity contribution is 0.0140. The van der Waals surface area contributed by atoms with Crippen molar-refractivity contribution in [2.45, 2.75) is 71.3 Å². The molecule has 8 nitrogen and oxygen atoms in total. The zero-order valence-corrected chi connectivity index (χ0v) is 15.7. The molecule has 1 atom stereocenters. The van der Waals surface area contributed by atoms with Crippen LogP contribution in [-0.4, -0.2) is 47.6 Å². The van der Waals surface area contributed by atoms with Crippen LogP contribution in [0.2, 0.25) is 0 Å². The van der Waals surface area contributed by atoms with Gasteiger partial charge in [-0.25, -0.2) is 13.8 Å². The zero-order valence-electron chi connectivity index (χ0n) is 14.8. The highest BCUT2D eigenvalue weighted by Crippen LogP contribution is 2.21. The van der Waals surface area contributed by atoms with Gasteiger partial charge in [0, 0.05) is 0 Å². The second kappa shape index (κ2) is 6.96. The molecule has 2 amide bonds. The summed E-state index contributed by atoms with van der Waals surface area (Å²) in [5, 5.41) is 8.03. The Morgan fingerprint density at radius 2 is 1.22 bits per heavy atom. The van der Waals surface area contributed by atoms with E-state index in [1.54, 1.807) is 41.5 Å². The number of amidine groups is 1. The average Bonchev–Trinajstić information content (AvgIpc) is 2.23. The largest absolute Gasteiger partial charge is 0.443 e. The van der Waals surface area contributed by atoms with Gasteiger partial charge in [-0.15, -0.1) is 0 Å².